The highest BCUT2D eigenvalue weighted by atomic mass is 16.5. The summed E-state index contributed by atoms with van der Waals surface area (Å²) in [5, 5.41) is 19.5. The first-order valence-electron chi connectivity index (χ1n) is 8.27. The second-order valence-electron chi connectivity index (χ2n) is 5.68. The van der Waals surface area contributed by atoms with Gasteiger partial charge in [0.2, 0.25) is 0 Å². The molecule has 0 aliphatic heterocycles. The number of aliphatic hydroxyl groups excluding tert-OH is 1. The van der Waals surface area contributed by atoms with Crippen molar-refractivity contribution in [2.45, 2.75) is 25.6 Å². The minimum atomic E-state index is -1.81. The molecule has 0 aliphatic carbocycles. The van der Waals surface area contributed by atoms with Gasteiger partial charge in [-0.15, -0.1) is 0 Å². The molecule has 0 saturated heterocycles. The molecule has 0 amide bonds. The van der Waals surface area contributed by atoms with Crippen LogP contribution in [0.3, 0.4) is 0 Å². The number of ether oxygens (including phenoxy) is 2. The smallest absolute Gasteiger partial charge is 0.306 e. The van der Waals surface area contributed by atoms with Gasteiger partial charge in [-0.1, -0.05) is 36.4 Å². The van der Waals surface area contributed by atoms with Crippen LogP contribution in [0, 0.1) is 0 Å². The number of esters is 1. The zero-order valence-electron chi connectivity index (χ0n) is 14.7. The second-order valence-corrected chi connectivity index (χ2v) is 5.68. The molecular formula is C20H22O6. The highest BCUT2D eigenvalue weighted by Crippen LogP contribution is 2.29. The lowest BCUT2D eigenvalue weighted by molar-refractivity contribution is -0.147. The van der Waals surface area contributed by atoms with Crippen LogP contribution >= 0.6 is 0 Å². The van der Waals surface area contributed by atoms with E-state index in [2.05, 4.69) is 0 Å². The van der Waals surface area contributed by atoms with E-state index in [1.165, 1.54) is 7.11 Å². The van der Waals surface area contributed by atoms with Crippen molar-refractivity contribution in [3.63, 3.8) is 0 Å². The Bertz CT molecular complexity index is 768. The molecule has 138 valence electrons. The summed E-state index contributed by atoms with van der Waals surface area (Å²) >= 11 is 0. The molecule has 0 spiro atoms. The summed E-state index contributed by atoms with van der Waals surface area (Å²) in [4.78, 5) is 24.8. The normalized spacial score (nSPS) is 11.9. The number of aliphatic hydroxyl groups is 2. The van der Waals surface area contributed by atoms with Crippen molar-refractivity contribution in [1.82, 2.24) is 0 Å². The molecule has 1 unspecified atom stereocenters. The van der Waals surface area contributed by atoms with Gasteiger partial charge in [-0.05, 0) is 24.6 Å². The Labute approximate surface area is 152 Å². The number of carbonyl (C=O) groups excluding carboxylic acids is 2. The van der Waals surface area contributed by atoms with E-state index in [9.17, 15) is 19.8 Å². The van der Waals surface area contributed by atoms with Crippen LogP contribution in [-0.2, 0) is 9.53 Å². The number of rotatable bonds is 8. The molecule has 26 heavy (non-hydrogen) atoms. The lowest BCUT2D eigenvalue weighted by Crippen LogP contribution is -2.24. The van der Waals surface area contributed by atoms with Crippen molar-refractivity contribution in [3.8, 4) is 5.75 Å². The van der Waals surface area contributed by atoms with E-state index >= 15 is 0 Å². The molecule has 0 aliphatic rings. The predicted molar refractivity (Wildman–Crippen MR) is 95.1 cm³/mol. The molecule has 0 fully saturated rings. The van der Waals surface area contributed by atoms with Crippen molar-refractivity contribution in [2.24, 2.45) is 0 Å². The predicted octanol–water partition coefficient (Wildman–Crippen LogP) is 2.27. The average molecular weight is 358 g/mol. The molecule has 2 aromatic rings. The van der Waals surface area contributed by atoms with Gasteiger partial charge in [-0.2, -0.15) is 0 Å². The van der Waals surface area contributed by atoms with Crippen molar-refractivity contribution >= 4 is 11.8 Å². The quantitative estimate of drug-likeness (QED) is 0.427. The molecule has 2 aromatic carbocycles. The molecule has 6 heteroatoms. The standard InChI is InChI=1S/C20H22O6/c1-3-26-18(21)12-17(20(23)24)15-9-4-5-10-16(15)19(22)13-7-6-8-14(11-13)25-2/h4-11,17,20,23-24H,3,12H2,1-2H3. The summed E-state index contributed by atoms with van der Waals surface area (Å²) in [6.45, 7) is 1.86. The fourth-order valence-corrected chi connectivity index (χ4v) is 2.72. The summed E-state index contributed by atoms with van der Waals surface area (Å²) in [6, 6.07) is 13.2. The molecular weight excluding hydrogens is 336 g/mol. The summed E-state index contributed by atoms with van der Waals surface area (Å²) in [5.41, 5.74) is 1.07. The first kappa shape index (κ1) is 19.6. The van der Waals surface area contributed by atoms with E-state index in [0.29, 0.717) is 22.4 Å². The number of ketones is 1. The van der Waals surface area contributed by atoms with E-state index in [1.54, 1.807) is 55.5 Å². The Morgan fingerprint density at radius 2 is 1.81 bits per heavy atom. The summed E-state index contributed by atoms with van der Waals surface area (Å²) in [5.74, 6) is -1.29. The SMILES string of the molecule is CCOC(=O)CC(c1ccccc1C(=O)c1cccc(OC)c1)C(O)O. The van der Waals surface area contributed by atoms with Gasteiger partial charge >= 0.3 is 5.97 Å². The Balaban J connectivity index is 2.41. The lowest BCUT2D eigenvalue weighted by Gasteiger charge is -2.21. The van der Waals surface area contributed by atoms with Gasteiger partial charge in [-0.25, -0.2) is 0 Å². The van der Waals surface area contributed by atoms with Crippen LogP contribution in [-0.4, -0.2) is 42.0 Å². The zero-order valence-corrected chi connectivity index (χ0v) is 14.7. The first-order valence-corrected chi connectivity index (χ1v) is 8.27. The number of hydrogen-bond donors (Lipinski definition) is 2. The van der Waals surface area contributed by atoms with E-state index in [-0.39, 0.29) is 18.8 Å². The Kier molecular flexibility index (Phi) is 6.89. The largest absolute Gasteiger partial charge is 0.497 e. The minimum absolute atomic E-state index is 0.192. The Morgan fingerprint density at radius 1 is 1.08 bits per heavy atom. The van der Waals surface area contributed by atoms with Gasteiger partial charge in [0, 0.05) is 17.0 Å². The van der Waals surface area contributed by atoms with Crippen LogP contribution in [0.1, 0.15) is 40.7 Å². The topological polar surface area (TPSA) is 93.1 Å². The second kappa shape index (κ2) is 9.12. The molecule has 0 radical (unpaired) electrons. The van der Waals surface area contributed by atoms with Crippen molar-refractivity contribution in [1.29, 1.82) is 0 Å². The van der Waals surface area contributed by atoms with E-state index in [4.69, 9.17) is 9.47 Å². The zero-order chi connectivity index (χ0) is 19.1. The monoisotopic (exact) mass is 358 g/mol. The third-order valence-electron chi connectivity index (χ3n) is 3.99. The van der Waals surface area contributed by atoms with Gasteiger partial charge < -0.3 is 19.7 Å². The van der Waals surface area contributed by atoms with E-state index in [0.717, 1.165) is 0 Å². The summed E-state index contributed by atoms with van der Waals surface area (Å²) in [7, 11) is 1.51. The van der Waals surface area contributed by atoms with Gasteiger partial charge in [-0.3, -0.25) is 9.59 Å². The summed E-state index contributed by atoms with van der Waals surface area (Å²) < 4.78 is 10.0. The highest BCUT2D eigenvalue weighted by Gasteiger charge is 2.27. The Hall–Kier alpha value is -2.70. The number of benzene rings is 2. The fraction of sp³-hybridized carbons (Fsp3) is 0.300. The van der Waals surface area contributed by atoms with E-state index < -0.39 is 18.2 Å². The minimum Gasteiger partial charge on any atom is -0.497 e. The molecule has 0 heterocycles. The molecule has 0 saturated carbocycles. The number of methoxy groups -OCH3 is 1. The molecule has 0 bridgehead atoms. The first-order chi connectivity index (χ1) is 12.5. The van der Waals surface area contributed by atoms with Crippen LogP contribution in [0.25, 0.3) is 0 Å². The molecule has 1 atom stereocenters. The molecule has 6 nitrogen and oxygen atoms in total. The van der Waals surface area contributed by atoms with E-state index in [1.807, 2.05) is 0 Å². The van der Waals surface area contributed by atoms with Crippen LogP contribution in [0.15, 0.2) is 48.5 Å². The van der Waals surface area contributed by atoms with Gasteiger partial charge in [0.25, 0.3) is 0 Å². The van der Waals surface area contributed by atoms with Crippen LogP contribution in [0.5, 0.6) is 5.75 Å². The maximum Gasteiger partial charge on any atom is 0.306 e. The third-order valence-corrected chi connectivity index (χ3v) is 3.99. The van der Waals surface area contributed by atoms with Crippen molar-refractivity contribution in [2.75, 3.05) is 13.7 Å². The Morgan fingerprint density at radius 3 is 2.46 bits per heavy atom. The van der Waals surface area contributed by atoms with Crippen molar-refractivity contribution in [3.05, 3.63) is 65.2 Å². The van der Waals surface area contributed by atoms with Gasteiger partial charge in [0.05, 0.1) is 20.1 Å². The van der Waals surface area contributed by atoms with Crippen LogP contribution in [0.4, 0.5) is 0 Å². The highest BCUT2D eigenvalue weighted by molar-refractivity contribution is 6.10. The molecule has 0 aromatic heterocycles. The molecule has 2 rings (SSSR count). The molecule has 2 N–H and O–H groups in total. The summed E-state index contributed by atoms with van der Waals surface area (Å²) in [6.07, 6.45) is -2.05. The lowest BCUT2D eigenvalue weighted by atomic mass is 9.87. The fourth-order valence-electron chi connectivity index (χ4n) is 2.72. The maximum atomic E-state index is 12.9. The average Bonchev–Trinajstić information content (AvgIpc) is 2.65. The van der Waals surface area contributed by atoms with Crippen LogP contribution in [0.2, 0.25) is 0 Å². The van der Waals surface area contributed by atoms with Gasteiger partial charge in [0.15, 0.2) is 12.1 Å². The third kappa shape index (κ3) is 4.68. The van der Waals surface area contributed by atoms with Crippen LogP contribution < -0.4 is 4.74 Å². The number of hydrogen-bond acceptors (Lipinski definition) is 6. The number of carbonyl (C=O) groups is 2. The van der Waals surface area contributed by atoms with Crippen molar-refractivity contribution < 1.29 is 29.3 Å². The van der Waals surface area contributed by atoms with Gasteiger partial charge in [0.1, 0.15) is 5.75 Å². The maximum absolute atomic E-state index is 12.9.